The van der Waals surface area contributed by atoms with Crippen LogP contribution in [0.5, 0.6) is 0 Å². The van der Waals surface area contributed by atoms with Gasteiger partial charge in [-0.1, -0.05) is 30.8 Å². The summed E-state index contributed by atoms with van der Waals surface area (Å²) in [7, 11) is 0. The van der Waals surface area contributed by atoms with E-state index in [1.165, 1.54) is 6.33 Å². The minimum atomic E-state index is -0.984. The van der Waals surface area contributed by atoms with Crippen LogP contribution in [-0.2, 0) is 11.2 Å². The molecule has 1 aliphatic carbocycles. The van der Waals surface area contributed by atoms with Crippen molar-refractivity contribution in [3.05, 3.63) is 95.0 Å². The lowest BCUT2D eigenvalue weighted by atomic mass is 9.94. The highest BCUT2D eigenvalue weighted by atomic mass is 16.4. The van der Waals surface area contributed by atoms with Gasteiger partial charge >= 0.3 is 5.97 Å². The van der Waals surface area contributed by atoms with E-state index in [1.54, 1.807) is 31.2 Å². The number of nitrogens with zero attached hydrogens (tertiary/aromatic N) is 2. The number of anilines is 2. The van der Waals surface area contributed by atoms with Crippen LogP contribution in [0.3, 0.4) is 0 Å². The first kappa shape index (κ1) is 20.0. The maximum absolute atomic E-state index is 11.9. The molecule has 0 saturated heterocycles. The van der Waals surface area contributed by atoms with E-state index < -0.39 is 5.97 Å². The number of hydrogen-bond acceptors (Lipinski definition) is 5. The lowest BCUT2D eigenvalue weighted by molar-refractivity contribution is -0.112. The maximum atomic E-state index is 11.9. The molecule has 0 radical (unpaired) electrons. The number of nitrogen functional groups attached to an aromatic ring is 1. The molecule has 154 valence electrons. The zero-order chi connectivity index (χ0) is 22.1. The molecule has 0 atom stereocenters. The highest BCUT2D eigenvalue weighted by molar-refractivity contribution is 6.06. The normalized spacial score (nSPS) is 12.4. The Kier molecular flexibility index (Phi) is 5.09. The number of hydrogen-bond donors (Lipinski definition) is 3. The Labute approximate surface area is 179 Å². The van der Waals surface area contributed by atoms with Crippen molar-refractivity contribution in [2.75, 3.05) is 11.1 Å². The van der Waals surface area contributed by atoms with Crippen molar-refractivity contribution in [1.82, 2.24) is 9.97 Å². The number of benzene rings is 2. The summed E-state index contributed by atoms with van der Waals surface area (Å²) in [6.45, 7) is 5.29. The lowest BCUT2D eigenvalue weighted by Gasteiger charge is -2.12. The lowest BCUT2D eigenvalue weighted by Crippen LogP contribution is -2.11. The number of carboxylic acids is 1. The molecule has 0 spiro atoms. The Balaban J connectivity index is 1.79. The van der Waals surface area contributed by atoms with Gasteiger partial charge in [-0.25, -0.2) is 14.8 Å². The van der Waals surface area contributed by atoms with Gasteiger partial charge in [-0.2, -0.15) is 0 Å². The van der Waals surface area contributed by atoms with Crippen LogP contribution in [0, 0.1) is 0 Å². The van der Waals surface area contributed by atoms with Crippen molar-refractivity contribution in [2.24, 2.45) is 0 Å². The highest BCUT2D eigenvalue weighted by Crippen LogP contribution is 2.43. The number of carbonyl (C=O) groups is 2. The number of nitrogens with one attached hydrogen (secondary N) is 1. The van der Waals surface area contributed by atoms with Gasteiger partial charge in [-0.05, 0) is 53.5 Å². The predicted octanol–water partition coefficient (Wildman–Crippen LogP) is 3.79. The van der Waals surface area contributed by atoms with E-state index in [9.17, 15) is 14.7 Å². The number of aromatic nitrogens is 2. The fourth-order valence-corrected chi connectivity index (χ4v) is 3.59. The number of nitrogens with two attached hydrogens (primary N) is 1. The minimum absolute atomic E-state index is 0.207. The first-order valence-electron chi connectivity index (χ1n) is 9.59. The summed E-state index contributed by atoms with van der Waals surface area (Å²) in [5.74, 6) is -0.840. The standard InChI is InChI=1S/C24H20N4O3/c1-13(2)23(29)28-17-9-7-14(8-10-17)18-11-19-21(22(25)27-12-26-19)20(18)15-3-5-16(6-4-15)24(30)31/h3-10,12H,1,11H2,2H3,(H,28,29)(H,30,31)(H2,25,26,27). The molecule has 31 heavy (non-hydrogen) atoms. The van der Waals surface area contributed by atoms with Crippen molar-refractivity contribution in [3.8, 4) is 0 Å². The predicted molar refractivity (Wildman–Crippen MR) is 119 cm³/mol. The minimum Gasteiger partial charge on any atom is -0.478 e. The molecule has 4 N–H and O–H groups in total. The van der Waals surface area contributed by atoms with Gasteiger partial charge in [0.2, 0.25) is 0 Å². The van der Waals surface area contributed by atoms with Gasteiger partial charge in [0.15, 0.2) is 0 Å². The molecule has 2 aromatic carbocycles. The zero-order valence-electron chi connectivity index (χ0n) is 16.8. The zero-order valence-corrected chi connectivity index (χ0v) is 16.8. The van der Waals surface area contributed by atoms with Gasteiger partial charge in [-0.15, -0.1) is 0 Å². The third kappa shape index (κ3) is 3.81. The van der Waals surface area contributed by atoms with Crippen LogP contribution >= 0.6 is 0 Å². The summed E-state index contributed by atoms with van der Waals surface area (Å²) < 4.78 is 0. The Morgan fingerprint density at radius 1 is 1.03 bits per heavy atom. The van der Waals surface area contributed by atoms with Gasteiger partial charge in [0.05, 0.1) is 11.3 Å². The molecule has 1 heterocycles. The van der Waals surface area contributed by atoms with Gasteiger partial charge < -0.3 is 16.2 Å². The van der Waals surface area contributed by atoms with Crippen LogP contribution in [0.4, 0.5) is 11.5 Å². The van der Waals surface area contributed by atoms with Crippen molar-refractivity contribution < 1.29 is 14.7 Å². The van der Waals surface area contributed by atoms with E-state index in [4.69, 9.17) is 5.73 Å². The number of amides is 1. The molecule has 0 saturated carbocycles. The molecule has 0 aliphatic heterocycles. The quantitative estimate of drug-likeness (QED) is 0.549. The number of carboxylic acid groups (broad SMARTS) is 1. The smallest absolute Gasteiger partial charge is 0.335 e. The van der Waals surface area contributed by atoms with Crippen LogP contribution in [0.1, 0.15) is 39.7 Å². The molecule has 1 aromatic heterocycles. The second-order valence-corrected chi connectivity index (χ2v) is 7.31. The highest BCUT2D eigenvalue weighted by Gasteiger charge is 2.27. The summed E-state index contributed by atoms with van der Waals surface area (Å²) in [5.41, 5.74) is 12.7. The van der Waals surface area contributed by atoms with Gasteiger partial charge in [0, 0.05) is 23.2 Å². The number of aromatic carboxylic acids is 1. The number of fused-ring (bicyclic) bond motifs is 1. The fraction of sp³-hybridized carbons (Fsp3) is 0.0833. The molecule has 7 heteroatoms. The van der Waals surface area contributed by atoms with Crippen LogP contribution in [0.2, 0.25) is 0 Å². The van der Waals surface area contributed by atoms with Crippen LogP contribution in [0.25, 0.3) is 11.1 Å². The topological polar surface area (TPSA) is 118 Å². The van der Waals surface area contributed by atoms with Crippen molar-refractivity contribution in [2.45, 2.75) is 13.3 Å². The van der Waals surface area contributed by atoms with E-state index >= 15 is 0 Å². The molecule has 0 unspecified atom stereocenters. The summed E-state index contributed by atoms with van der Waals surface area (Å²) in [6, 6.07) is 14.2. The van der Waals surface area contributed by atoms with E-state index in [-0.39, 0.29) is 11.5 Å². The summed E-state index contributed by atoms with van der Waals surface area (Å²) >= 11 is 0. The second kappa shape index (κ2) is 7.87. The average Bonchev–Trinajstić information content (AvgIpc) is 3.15. The van der Waals surface area contributed by atoms with Crippen molar-refractivity contribution in [1.29, 1.82) is 0 Å². The first-order chi connectivity index (χ1) is 14.8. The molecular formula is C24H20N4O3. The SMILES string of the molecule is C=C(C)C(=O)Nc1ccc(C2=C(c3ccc(C(=O)O)cc3)c3c(N)ncnc3C2)cc1. The molecule has 7 nitrogen and oxygen atoms in total. The molecule has 3 aromatic rings. The fourth-order valence-electron chi connectivity index (χ4n) is 3.59. The third-order valence-corrected chi connectivity index (χ3v) is 5.15. The van der Waals surface area contributed by atoms with Crippen LogP contribution in [-0.4, -0.2) is 27.0 Å². The summed E-state index contributed by atoms with van der Waals surface area (Å²) in [6.07, 6.45) is 2.01. The summed E-state index contributed by atoms with van der Waals surface area (Å²) in [4.78, 5) is 31.6. The third-order valence-electron chi connectivity index (χ3n) is 5.15. The number of allylic oxidation sites excluding steroid dienone is 1. The summed E-state index contributed by atoms with van der Waals surface area (Å²) in [5, 5.41) is 12.0. The Morgan fingerprint density at radius 2 is 1.68 bits per heavy atom. The van der Waals surface area contributed by atoms with Gasteiger partial charge in [0.25, 0.3) is 5.91 Å². The molecule has 1 aliphatic rings. The molecule has 0 fully saturated rings. The van der Waals surface area contributed by atoms with Gasteiger partial charge in [-0.3, -0.25) is 4.79 Å². The molecule has 0 bridgehead atoms. The van der Waals surface area contributed by atoms with Crippen molar-refractivity contribution >= 4 is 34.5 Å². The maximum Gasteiger partial charge on any atom is 0.335 e. The number of carbonyl (C=O) groups excluding carboxylic acids is 1. The van der Waals surface area contributed by atoms with E-state index in [0.29, 0.717) is 23.5 Å². The van der Waals surface area contributed by atoms with E-state index in [1.807, 2.05) is 24.3 Å². The van der Waals surface area contributed by atoms with Gasteiger partial charge in [0.1, 0.15) is 12.1 Å². The Hall–Kier alpha value is -4.26. The first-order valence-corrected chi connectivity index (χ1v) is 9.59. The Bertz CT molecular complexity index is 1240. The molecule has 4 rings (SSSR count). The molecule has 1 amide bonds. The second-order valence-electron chi connectivity index (χ2n) is 7.31. The number of rotatable bonds is 5. The van der Waals surface area contributed by atoms with Crippen molar-refractivity contribution in [3.63, 3.8) is 0 Å². The Morgan fingerprint density at radius 3 is 2.29 bits per heavy atom. The van der Waals surface area contributed by atoms with Crippen LogP contribution in [0.15, 0.2) is 67.0 Å². The average molecular weight is 412 g/mol. The molecular weight excluding hydrogens is 392 g/mol. The van der Waals surface area contributed by atoms with Crippen LogP contribution < -0.4 is 11.1 Å². The monoisotopic (exact) mass is 412 g/mol. The largest absolute Gasteiger partial charge is 0.478 e. The van der Waals surface area contributed by atoms with E-state index in [2.05, 4.69) is 21.9 Å². The van der Waals surface area contributed by atoms with E-state index in [0.717, 1.165) is 33.5 Å².